The van der Waals surface area contributed by atoms with Gasteiger partial charge in [-0.1, -0.05) is 43.9 Å². The number of nitrogens with zero attached hydrogens (tertiary/aromatic N) is 5. The molecule has 2 aliphatic heterocycles. The first kappa shape index (κ1) is 24.7. The van der Waals surface area contributed by atoms with Crippen molar-refractivity contribution in [3.8, 4) is 0 Å². The molecule has 1 unspecified atom stereocenters. The van der Waals surface area contributed by atoms with E-state index < -0.39 is 16.4 Å². The maximum absolute atomic E-state index is 13.8. The van der Waals surface area contributed by atoms with Crippen LogP contribution in [0.2, 0.25) is 0 Å². The molecule has 1 atom stereocenters. The normalized spacial score (nSPS) is 23.5. The van der Waals surface area contributed by atoms with Crippen LogP contribution in [-0.2, 0) is 30.3 Å². The number of piperidine rings is 1. The zero-order chi connectivity index (χ0) is 24.4. The van der Waals surface area contributed by atoms with E-state index in [-0.39, 0.29) is 32.0 Å². The highest BCUT2D eigenvalue weighted by Gasteiger charge is 2.38. The van der Waals surface area contributed by atoms with Crippen LogP contribution < -0.4 is 4.90 Å². The van der Waals surface area contributed by atoms with Crippen LogP contribution in [0.15, 0.2) is 36.8 Å². The Morgan fingerprint density at radius 1 is 1.03 bits per heavy atom. The molecule has 0 radical (unpaired) electrons. The van der Waals surface area contributed by atoms with Crippen LogP contribution in [0.4, 0.5) is 10.1 Å². The first-order valence-electron chi connectivity index (χ1n) is 13.1. The predicted octanol–water partition coefficient (Wildman–Crippen LogP) is 4.26. The molecule has 5 rings (SSSR count). The second kappa shape index (κ2) is 10.6. The molecule has 7 nitrogen and oxygen atoms in total. The van der Waals surface area contributed by atoms with Crippen LogP contribution in [-0.4, -0.2) is 58.4 Å². The topological polar surface area (TPSA) is 61.7 Å². The molecule has 1 aromatic carbocycles. The van der Waals surface area contributed by atoms with E-state index in [0.717, 1.165) is 35.7 Å². The Morgan fingerprint density at radius 3 is 2.49 bits per heavy atom. The van der Waals surface area contributed by atoms with Crippen molar-refractivity contribution < 1.29 is 12.8 Å². The molecule has 0 spiro atoms. The number of alkyl halides is 1. The number of imidazole rings is 1. The van der Waals surface area contributed by atoms with E-state index in [0.29, 0.717) is 19.6 Å². The van der Waals surface area contributed by atoms with Gasteiger partial charge < -0.3 is 9.47 Å². The minimum Gasteiger partial charge on any atom is -0.361 e. The summed E-state index contributed by atoms with van der Waals surface area (Å²) < 4.78 is 46.4. The van der Waals surface area contributed by atoms with Crippen molar-refractivity contribution >= 4 is 15.9 Å². The Balaban J connectivity index is 1.46. The van der Waals surface area contributed by atoms with Crippen molar-refractivity contribution in [1.82, 2.24) is 18.2 Å². The molecular weight excluding hydrogens is 465 g/mol. The summed E-state index contributed by atoms with van der Waals surface area (Å²) in [5, 5.41) is 0. The fourth-order valence-corrected chi connectivity index (χ4v) is 7.68. The molecule has 1 aliphatic carbocycles. The first-order chi connectivity index (χ1) is 16.9. The van der Waals surface area contributed by atoms with Gasteiger partial charge in [-0.05, 0) is 43.2 Å². The van der Waals surface area contributed by atoms with E-state index in [4.69, 9.17) is 0 Å². The minimum atomic E-state index is -3.68. The Labute approximate surface area is 209 Å². The van der Waals surface area contributed by atoms with Crippen molar-refractivity contribution in [3.05, 3.63) is 48.0 Å². The van der Waals surface area contributed by atoms with Crippen molar-refractivity contribution in [3.63, 3.8) is 0 Å². The number of aromatic nitrogens is 2. The van der Waals surface area contributed by atoms with Crippen molar-refractivity contribution in [2.24, 2.45) is 13.0 Å². The molecule has 2 fully saturated rings. The zero-order valence-electron chi connectivity index (χ0n) is 20.7. The van der Waals surface area contributed by atoms with Crippen LogP contribution in [0.25, 0.3) is 0 Å². The monoisotopic (exact) mass is 503 g/mol. The minimum absolute atomic E-state index is 0.0507. The number of anilines is 1. The molecule has 1 aromatic heterocycles. The first-order valence-corrected chi connectivity index (χ1v) is 14.5. The number of rotatable bonds is 7. The summed E-state index contributed by atoms with van der Waals surface area (Å²) in [5.74, 6) is 0.735. The lowest BCUT2D eigenvalue weighted by Gasteiger charge is -2.36. The summed E-state index contributed by atoms with van der Waals surface area (Å²) in [6.07, 6.45) is 10.8. The number of hydrogen-bond acceptors (Lipinski definition) is 4. The summed E-state index contributed by atoms with van der Waals surface area (Å²) in [6, 6.07) is 8.22. The Hall–Kier alpha value is -1.97. The van der Waals surface area contributed by atoms with Gasteiger partial charge in [0.1, 0.15) is 6.17 Å². The summed E-state index contributed by atoms with van der Waals surface area (Å²) in [7, 11) is -1.71. The maximum Gasteiger partial charge on any atom is 0.282 e. The van der Waals surface area contributed by atoms with Crippen LogP contribution in [0.5, 0.6) is 0 Å². The van der Waals surface area contributed by atoms with Gasteiger partial charge in [0.15, 0.2) is 0 Å². The van der Waals surface area contributed by atoms with Crippen molar-refractivity contribution in [2.75, 3.05) is 24.5 Å². The zero-order valence-corrected chi connectivity index (χ0v) is 21.5. The standard InChI is InChI=1S/C26H38FN5O2S/c1-29-17-24(28-20-29)18-32-25(11-10-21-6-2-3-7-21)19-31(16-22-8-4-5-9-26(22)32)35(33,34)30-14-12-23(27)13-15-30/h4-5,8-9,17,20-21,23,25H,2-3,6-7,10-16,18-19H2,1H3. The highest BCUT2D eigenvalue weighted by molar-refractivity contribution is 7.86. The van der Waals surface area contributed by atoms with Crippen molar-refractivity contribution in [2.45, 2.75) is 76.7 Å². The van der Waals surface area contributed by atoms with Gasteiger partial charge in [0.25, 0.3) is 10.2 Å². The highest BCUT2D eigenvalue weighted by atomic mass is 32.2. The second-order valence-electron chi connectivity index (χ2n) is 10.5. The Morgan fingerprint density at radius 2 is 1.77 bits per heavy atom. The third kappa shape index (κ3) is 5.57. The quantitative estimate of drug-likeness (QED) is 0.567. The smallest absolute Gasteiger partial charge is 0.282 e. The van der Waals surface area contributed by atoms with Crippen LogP contribution in [0.1, 0.15) is 62.6 Å². The fourth-order valence-electron chi connectivity index (χ4n) is 6.02. The third-order valence-corrected chi connectivity index (χ3v) is 9.96. The molecule has 9 heteroatoms. The van der Waals surface area contributed by atoms with E-state index in [1.165, 1.54) is 30.0 Å². The van der Waals surface area contributed by atoms with Crippen LogP contribution >= 0.6 is 0 Å². The van der Waals surface area contributed by atoms with Gasteiger partial charge in [0, 0.05) is 51.2 Å². The van der Waals surface area contributed by atoms with Gasteiger partial charge in [-0.25, -0.2) is 9.37 Å². The molecular formula is C26H38FN5O2S. The number of fused-ring (bicyclic) bond motifs is 1. The third-order valence-electron chi connectivity index (χ3n) is 8.01. The van der Waals surface area contributed by atoms with Gasteiger partial charge in [-0.15, -0.1) is 0 Å². The van der Waals surface area contributed by atoms with Crippen molar-refractivity contribution in [1.29, 1.82) is 0 Å². The fraction of sp³-hybridized carbons (Fsp3) is 0.654. The molecule has 3 heterocycles. The second-order valence-corrected chi connectivity index (χ2v) is 12.5. The molecule has 1 saturated heterocycles. The molecule has 0 bridgehead atoms. The van der Waals surface area contributed by atoms with E-state index in [9.17, 15) is 12.8 Å². The van der Waals surface area contributed by atoms with E-state index in [1.807, 2.05) is 42.3 Å². The number of para-hydroxylation sites is 1. The summed E-state index contributed by atoms with van der Waals surface area (Å²) >= 11 is 0. The summed E-state index contributed by atoms with van der Waals surface area (Å²) in [4.78, 5) is 6.96. The Kier molecular flexibility index (Phi) is 7.46. The molecule has 0 N–H and O–H groups in total. The van der Waals surface area contributed by atoms with Gasteiger partial charge in [-0.3, -0.25) is 0 Å². The lowest BCUT2D eigenvalue weighted by atomic mass is 9.97. The number of halogens is 1. The SMILES string of the molecule is Cn1cnc(CN2c3ccccc3CN(S(=O)(=O)N3CCC(F)CC3)CC2CCC2CCCC2)c1. The summed E-state index contributed by atoms with van der Waals surface area (Å²) in [6.45, 7) is 1.94. The average molecular weight is 504 g/mol. The molecule has 35 heavy (non-hydrogen) atoms. The van der Waals surface area contributed by atoms with Gasteiger partial charge in [0.05, 0.1) is 18.6 Å². The largest absolute Gasteiger partial charge is 0.361 e. The predicted molar refractivity (Wildman–Crippen MR) is 136 cm³/mol. The van der Waals surface area contributed by atoms with Gasteiger partial charge in [-0.2, -0.15) is 17.0 Å². The van der Waals surface area contributed by atoms with Gasteiger partial charge >= 0.3 is 0 Å². The molecule has 3 aliphatic rings. The van der Waals surface area contributed by atoms with Crippen LogP contribution in [0.3, 0.4) is 0 Å². The molecule has 2 aromatic rings. The lowest BCUT2D eigenvalue weighted by molar-refractivity contribution is 0.200. The maximum atomic E-state index is 13.8. The summed E-state index contributed by atoms with van der Waals surface area (Å²) in [5.41, 5.74) is 3.08. The van der Waals surface area contributed by atoms with Gasteiger partial charge in [0.2, 0.25) is 0 Å². The number of benzene rings is 1. The molecule has 192 valence electrons. The van der Waals surface area contributed by atoms with E-state index >= 15 is 0 Å². The van der Waals surface area contributed by atoms with E-state index in [2.05, 4.69) is 16.0 Å². The lowest BCUT2D eigenvalue weighted by Crippen LogP contribution is -2.50. The molecule has 1 saturated carbocycles. The van der Waals surface area contributed by atoms with E-state index in [1.54, 1.807) is 4.31 Å². The highest BCUT2D eigenvalue weighted by Crippen LogP contribution is 2.35. The Bertz CT molecular complexity index is 1090. The number of hydrogen-bond donors (Lipinski definition) is 0. The number of aryl methyl sites for hydroxylation is 1. The average Bonchev–Trinajstić information content (AvgIpc) is 3.48. The molecule has 0 amide bonds. The van der Waals surface area contributed by atoms with Crippen LogP contribution in [0, 0.1) is 5.92 Å².